The summed E-state index contributed by atoms with van der Waals surface area (Å²) in [6.07, 6.45) is 0. The number of anilines is 5. The molecule has 1 spiro atoms. The average Bonchev–Trinajstić information content (AvgIpc) is 3.99. The van der Waals surface area contributed by atoms with Crippen LogP contribution < -0.4 is 20.6 Å². The van der Waals surface area contributed by atoms with Crippen LogP contribution in [-0.2, 0) is 10.8 Å². The maximum atomic E-state index is 7.22. The number of nitrogens with zero attached hydrogens (tertiary/aromatic N) is 2. The molecule has 1 aliphatic carbocycles. The summed E-state index contributed by atoms with van der Waals surface area (Å²) in [4.78, 5) is 5.22. The second-order valence-corrected chi connectivity index (χ2v) is 19.1. The zero-order valence-electron chi connectivity index (χ0n) is 35.6. The smallest absolute Gasteiger partial charge is 0.333 e. The highest BCUT2D eigenvalue weighted by Gasteiger charge is 2.56. The highest BCUT2D eigenvalue weighted by molar-refractivity contribution is 6.94. The van der Waals surface area contributed by atoms with Gasteiger partial charge in [-0.25, -0.2) is 0 Å². The number of hydrogen-bond donors (Lipinski definition) is 0. The molecule has 4 aliphatic rings. The number of fused-ring (bicyclic) bond motifs is 21. The summed E-state index contributed by atoms with van der Waals surface area (Å²) < 4.78 is 13.9. The number of benzene rings is 9. The predicted octanol–water partition coefficient (Wildman–Crippen LogP) is 14.2. The second kappa shape index (κ2) is 11.8. The number of para-hydroxylation sites is 4. The quantitative estimate of drug-likeness (QED) is 0.155. The van der Waals surface area contributed by atoms with E-state index < -0.39 is 5.41 Å². The van der Waals surface area contributed by atoms with Gasteiger partial charge in [0.25, 0.3) is 0 Å². The molecule has 4 nitrogen and oxygen atoms in total. The van der Waals surface area contributed by atoms with Gasteiger partial charge in [0.1, 0.15) is 16.7 Å². The van der Waals surface area contributed by atoms with E-state index in [1.807, 2.05) is 0 Å². The van der Waals surface area contributed by atoms with Crippen molar-refractivity contribution in [2.45, 2.75) is 31.6 Å². The van der Waals surface area contributed by atoms with E-state index in [1.54, 1.807) is 0 Å². The lowest BCUT2D eigenvalue weighted by atomic mass is 9.42. The van der Waals surface area contributed by atoms with E-state index >= 15 is 0 Å². The summed E-state index contributed by atoms with van der Waals surface area (Å²) >= 11 is 0. The minimum atomic E-state index is -0.554. The number of hydrogen-bond acceptors (Lipinski definition) is 4. The molecule has 0 unspecified atom stereocenters. The summed E-state index contributed by atoms with van der Waals surface area (Å²) in [5.74, 6) is 0. The van der Waals surface area contributed by atoms with Crippen LogP contribution in [0.1, 0.15) is 48.6 Å². The Morgan fingerprint density at radius 3 is 1.88 bits per heavy atom. The summed E-state index contributed by atoms with van der Waals surface area (Å²) in [7, 11) is 0. The van der Waals surface area contributed by atoms with E-state index in [9.17, 15) is 0 Å². The van der Waals surface area contributed by atoms with Crippen molar-refractivity contribution in [2.75, 3.05) is 9.71 Å². The molecule has 0 atom stereocenters. The minimum absolute atomic E-state index is 0.00624. The molecule has 3 aliphatic heterocycles. The van der Waals surface area contributed by atoms with Gasteiger partial charge in [-0.05, 0) is 109 Å². The third-order valence-electron chi connectivity index (χ3n) is 15.0. The summed E-state index contributed by atoms with van der Waals surface area (Å²) in [6, 6.07) is 67.8. The molecule has 5 heteroatoms. The van der Waals surface area contributed by atoms with Crippen LogP contribution in [0, 0.1) is 0 Å². The highest BCUT2D eigenvalue weighted by atomic mass is 16.3. The Balaban J connectivity index is 1.15. The minimum Gasteiger partial charge on any atom is -0.456 e. The van der Waals surface area contributed by atoms with E-state index in [0.29, 0.717) is 0 Å². The van der Waals surface area contributed by atoms with Crippen LogP contribution in [0.3, 0.4) is 0 Å². The Kier molecular flexibility index (Phi) is 6.43. The molecule has 0 amide bonds. The van der Waals surface area contributed by atoms with Crippen molar-refractivity contribution in [1.82, 2.24) is 0 Å². The molecule has 0 bridgehead atoms. The van der Waals surface area contributed by atoms with E-state index in [0.717, 1.165) is 60.9 Å². The number of furan rings is 2. The molecule has 15 rings (SSSR count). The largest absolute Gasteiger partial charge is 0.456 e. The van der Waals surface area contributed by atoms with Crippen LogP contribution in [0.2, 0.25) is 0 Å². The van der Waals surface area contributed by atoms with Gasteiger partial charge in [-0.1, -0.05) is 154 Å². The lowest BCUT2D eigenvalue weighted by molar-refractivity contribution is 0.590. The van der Waals surface area contributed by atoms with Gasteiger partial charge < -0.3 is 18.5 Å². The van der Waals surface area contributed by atoms with Crippen molar-refractivity contribution in [3.05, 3.63) is 210 Å². The van der Waals surface area contributed by atoms with E-state index in [4.69, 9.17) is 8.83 Å². The Morgan fingerprint density at radius 2 is 1.12 bits per heavy atom. The van der Waals surface area contributed by atoms with Crippen molar-refractivity contribution in [3.8, 4) is 22.3 Å². The first kappa shape index (κ1) is 34.8. The Labute approximate surface area is 370 Å². The fraction of sp³-hybridized carbons (Fsp3) is 0.0847. The Hall–Kier alpha value is -7.76. The molecule has 9 aromatic carbocycles. The maximum absolute atomic E-state index is 7.22. The summed E-state index contributed by atoms with van der Waals surface area (Å²) in [5.41, 5.74) is 22.8. The standard InChI is InChI=1S/C59H39BN2O2/c1-58(2,3)34-27-29-35(30-28-34)62-48-31-32-51-53(39-18-7-13-26-50(39)63-51)52(48)41-33-40-38-17-6-12-25-49(38)64-57(40)56-54(41)60(62)46-23-14-22-45-55(46)61(56)47-24-11-10-21-44(47)59(45)42-19-8-4-15-36(42)37-16-5-9-20-43(37)59/h4-33H,1-3H3. The molecular formula is C59H39BN2O2. The van der Waals surface area contributed by atoms with Crippen molar-refractivity contribution >= 4 is 90.1 Å². The molecule has 0 radical (unpaired) electrons. The lowest BCUT2D eigenvalue weighted by Gasteiger charge is -2.51. The molecule has 0 saturated heterocycles. The third kappa shape index (κ3) is 4.08. The van der Waals surface area contributed by atoms with Gasteiger partial charge in [-0.15, -0.1) is 0 Å². The average molecular weight is 819 g/mol. The zero-order chi connectivity index (χ0) is 42.2. The van der Waals surface area contributed by atoms with Crippen LogP contribution in [0.15, 0.2) is 191 Å². The second-order valence-electron chi connectivity index (χ2n) is 19.1. The Morgan fingerprint density at radius 1 is 0.484 bits per heavy atom. The van der Waals surface area contributed by atoms with Crippen molar-refractivity contribution in [2.24, 2.45) is 0 Å². The summed E-state index contributed by atoms with van der Waals surface area (Å²) in [6.45, 7) is 6.67. The number of rotatable bonds is 1. The topological polar surface area (TPSA) is 32.8 Å². The van der Waals surface area contributed by atoms with Gasteiger partial charge in [-0.2, -0.15) is 0 Å². The Bertz CT molecular complexity index is 3820. The van der Waals surface area contributed by atoms with Crippen LogP contribution in [0.4, 0.5) is 28.4 Å². The SMILES string of the molecule is CC(C)(C)c1ccc(N2B3c4cccc5c4N(c4ccccc4C54c5ccccc5-c5ccccc54)c4c3c(cc3c4oc4ccccc43)-c3c2ccc2oc4ccccc4c32)cc1. The van der Waals surface area contributed by atoms with Gasteiger partial charge in [0, 0.05) is 44.2 Å². The van der Waals surface area contributed by atoms with Gasteiger partial charge in [-0.3, -0.25) is 0 Å². The molecule has 2 aromatic heterocycles. The molecule has 64 heavy (non-hydrogen) atoms. The van der Waals surface area contributed by atoms with Crippen molar-refractivity contribution in [3.63, 3.8) is 0 Å². The van der Waals surface area contributed by atoms with Gasteiger partial charge in [0.15, 0.2) is 5.58 Å². The van der Waals surface area contributed by atoms with E-state index in [2.05, 4.69) is 212 Å². The lowest BCUT2D eigenvalue weighted by Crippen LogP contribution is -2.62. The zero-order valence-corrected chi connectivity index (χ0v) is 35.6. The van der Waals surface area contributed by atoms with Crippen molar-refractivity contribution < 1.29 is 8.83 Å². The highest BCUT2D eigenvalue weighted by Crippen LogP contribution is 2.65. The first-order chi connectivity index (χ1) is 31.4. The van der Waals surface area contributed by atoms with Crippen molar-refractivity contribution in [1.29, 1.82) is 0 Å². The maximum Gasteiger partial charge on any atom is 0.333 e. The molecule has 0 fully saturated rings. The third-order valence-corrected chi connectivity index (χ3v) is 15.0. The molecule has 300 valence electrons. The van der Waals surface area contributed by atoms with Gasteiger partial charge >= 0.3 is 6.85 Å². The fourth-order valence-electron chi connectivity index (χ4n) is 12.4. The molecular weight excluding hydrogens is 779 g/mol. The molecule has 5 heterocycles. The molecule has 0 saturated carbocycles. The van der Waals surface area contributed by atoms with E-state index in [-0.39, 0.29) is 12.3 Å². The monoisotopic (exact) mass is 818 g/mol. The normalized spacial score (nSPS) is 14.8. The molecule has 0 N–H and O–H groups in total. The van der Waals surface area contributed by atoms with Gasteiger partial charge in [0.2, 0.25) is 0 Å². The van der Waals surface area contributed by atoms with Crippen LogP contribution in [0.5, 0.6) is 0 Å². The first-order valence-corrected chi connectivity index (χ1v) is 22.5. The van der Waals surface area contributed by atoms with Crippen LogP contribution in [-0.4, -0.2) is 6.85 Å². The molecule has 11 aromatic rings. The van der Waals surface area contributed by atoms with Crippen LogP contribution in [0.25, 0.3) is 66.1 Å². The van der Waals surface area contributed by atoms with Crippen LogP contribution >= 0.6 is 0 Å². The van der Waals surface area contributed by atoms with Gasteiger partial charge in [0.05, 0.1) is 16.8 Å². The van der Waals surface area contributed by atoms with E-state index in [1.165, 1.54) is 72.4 Å². The summed E-state index contributed by atoms with van der Waals surface area (Å²) in [5, 5.41) is 4.47. The first-order valence-electron chi connectivity index (χ1n) is 22.5. The fourth-order valence-corrected chi connectivity index (χ4v) is 12.4. The predicted molar refractivity (Wildman–Crippen MR) is 264 cm³/mol.